The Morgan fingerprint density at radius 3 is 2.61 bits per heavy atom. The fourth-order valence-electron chi connectivity index (χ4n) is 2.42. The van der Waals surface area contributed by atoms with Crippen molar-refractivity contribution < 1.29 is 0 Å². The minimum absolute atomic E-state index is 0.664. The molecule has 0 saturated heterocycles. The van der Waals surface area contributed by atoms with Crippen LogP contribution >= 0.6 is 0 Å². The van der Waals surface area contributed by atoms with E-state index in [2.05, 4.69) is 25.4 Å². The smallest absolute Gasteiger partial charge is 0.162 e. The van der Waals surface area contributed by atoms with Gasteiger partial charge in [0.2, 0.25) is 0 Å². The number of pyridine rings is 1. The molecule has 1 aromatic carbocycles. The highest BCUT2D eigenvalue weighted by molar-refractivity contribution is 5.92. The maximum atomic E-state index is 4.69. The lowest BCUT2D eigenvalue weighted by atomic mass is 10.2. The van der Waals surface area contributed by atoms with Crippen LogP contribution in [0.5, 0.6) is 0 Å². The Kier molecular flexibility index (Phi) is 3.20. The average Bonchev–Trinajstić information content (AvgIpc) is 3.00. The number of aryl methyl sites for hydroxylation is 1. The second kappa shape index (κ2) is 5.49. The Labute approximate surface area is 132 Å². The highest BCUT2D eigenvalue weighted by Crippen LogP contribution is 2.26. The Balaban J connectivity index is 1.87. The van der Waals surface area contributed by atoms with E-state index in [0.29, 0.717) is 5.82 Å². The summed E-state index contributed by atoms with van der Waals surface area (Å²) in [6.45, 7) is 0. The van der Waals surface area contributed by atoms with Gasteiger partial charge in [0.05, 0.1) is 17.4 Å². The molecule has 0 aliphatic carbocycles. The molecule has 3 heterocycles. The van der Waals surface area contributed by atoms with Crippen molar-refractivity contribution in [3.63, 3.8) is 0 Å². The molecule has 4 rings (SSSR count). The van der Waals surface area contributed by atoms with Gasteiger partial charge in [0, 0.05) is 36.6 Å². The number of nitrogens with zero attached hydrogens (tertiary/aromatic N) is 5. The quantitative estimate of drug-likeness (QED) is 0.629. The summed E-state index contributed by atoms with van der Waals surface area (Å²) in [5.74, 6) is 1.42. The molecule has 0 amide bonds. The molecule has 0 bridgehead atoms. The minimum atomic E-state index is 0.664. The molecule has 0 aliphatic rings. The molecule has 6 heteroatoms. The Hall–Kier alpha value is -3.28. The van der Waals surface area contributed by atoms with E-state index in [0.717, 1.165) is 28.0 Å². The molecular weight excluding hydrogens is 288 g/mol. The van der Waals surface area contributed by atoms with Crippen LogP contribution < -0.4 is 5.32 Å². The first-order valence-electron chi connectivity index (χ1n) is 7.22. The molecule has 23 heavy (non-hydrogen) atoms. The van der Waals surface area contributed by atoms with Crippen LogP contribution in [0.4, 0.5) is 11.5 Å². The third-order valence-electron chi connectivity index (χ3n) is 3.51. The predicted molar refractivity (Wildman–Crippen MR) is 89.3 cm³/mol. The van der Waals surface area contributed by atoms with Gasteiger partial charge in [-0.05, 0) is 24.3 Å². The molecule has 4 aromatic rings. The van der Waals surface area contributed by atoms with Gasteiger partial charge >= 0.3 is 0 Å². The van der Waals surface area contributed by atoms with Crippen molar-refractivity contribution in [1.82, 2.24) is 24.7 Å². The summed E-state index contributed by atoms with van der Waals surface area (Å²) in [4.78, 5) is 13.4. The fraction of sp³-hybridized carbons (Fsp3) is 0.0588. The zero-order valence-corrected chi connectivity index (χ0v) is 12.5. The van der Waals surface area contributed by atoms with Crippen LogP contribution in [-0.4, -0.2) is 24.7 Å². The summed E-state index contributed by atoms with van der Waals surface area (Å²) in [6.07, 6.45) is 7.15. The van der Waals surface area contributed by atoms with Gasteiger partial charge in [-0.3, -0.25) is 9.67 Å². The van der Waals surface area contributed by atoms with Gasteiger partial charge in [0.15, 0.2) is 5.82 Å². The van der Waals surface area contributed by atoms with E-state index in [1.807, 2.05) is 49.6 Å². The summed E-state index contributed by atoms with van der Waals surface area (Å²) in [5, 5.41) is 8.47. The van der Waals surface area contributed by atoms with Crippen molar-refractivity contribution in [2.45, 2.75) is 0 Å². The van der Waals surface area contributed by atoms with E-state index in [9.17, 15) is 0 Å². The monoisotopic (exact) mass is 302 g/mol. The zero-order chi connectivity index (χ0) is 15.6. The van der Waals surface area contributed by atoms with Crippen molar-refractivity contribution in [3.05, 3.63) is 61.2 Å². The third kappa shape index (κ3) is 2.62. The van der Waals surface area contributed by atoms with Crippen molar-refractivity contribution in [2.24, 2.45) is 7.05 Å². The molecule has 0 saturated carbocycles. The van der Waals surface area contributed by atoms with Crippen LogP contribution in [0.3, 0.4) is 0 Å². The number of para-hydroxylation sites is 1. The first-order valence-corrected chi connectivity index (χ1v) is 7.22. The molecule has 112 valence electrons. The largest absolute Gasteiger partial charge is 0.337 e. The van der Waals surface area contributed by atoms with Gasteiger partial charge in [-0.2, -0.15) is 5.10 Å². The Morgan fingerprint density at radius 2 is 1.83 bits per heavy atom. The van der Waals surface area contributed by atoms with Crippen molar-refractivity contribution in [1.29, 1.82) is 0 Å². The molecule has 0 unspecified atom stereocenters. The van der Waals surface area contributed by atoms with Gasteiger partial charge in [0.1, 0.15) is 5.82 Å². The summed E-state index contributed by atoms with van der Waals surface area (Å²) in [7, 11) is 1.88. The van der Waals surface area contributed by atoms with Crippen molar-refractivity contribution in [3.8, 4) is 11.4 Å². The summed E-state index contributed by atoms with van der Waals surface area (Å²) in [5.41, 5.74) is 2.71. The standard InChI is InChI=1S/C17H14N6/c1-23-11-13(10-19-23)20-17-14-4-2-3-5-15(14)21-16(22-17)12-6-8-18-9-7-12/h2-11H,1H3,(H,20,21,22). The van der Waals surface area contributed by atoms with Crippen LogP contribution in [-0.2, 0) is 7.05 Å². The van der Waals surface area contributed by atoms with Crippen LogP contribution in [0.2, 0.25) is 0 Å². The number of aromatic nitrogens is 5. The molecule has 0 fully saturated rings. The molecular formula is C17H14N6. The third-order valence-corrected chi connectivity index (χ3v) is 3.51. The number of anilines is 2. The maximum absolute atomic E-state index is 4.69. The molecule has 1 N–H and O–H groups in total. The fourth-order valence-corrected chi connectivity index (χ4v) is 2.42. The van der Waals surface area contributed by atoms with Gasteiger partial charge in [-0.25, -0.2) is 9.97 Å². The molecule has 6 nitrogen and oxygen atoms in total. The van der Waals surface area contributed by atoms with Gasteiger partial charge in [-0.1, -0.05) is 12.1 Å². The highest BCUT2D eigenvalue weighted by Gasteiger charge is 2.10. The molecule has 3 aromatic heterocycles. The number of hydrogen-bond acceptors (Lipinski definition) is 5. The van der Waals surface area contributed by atoms with Crippen LogP contribution in [0, 0.1) is 0 Å². The highest BCUT2D eigenvalue weighted by atomic mass is 15.3. The van der Waals surface area contributed by atoms with E-state index in [-0.39, 0.29) is 0 Å². The first kappa shape index (κ1) is 13.4. The second-order valence-electron chi connectivity index (χ2n) is 5.18. The van der Waals surface area contributed by atoms with E-state index in [1.54, 1.807) is 23.3 Å². The number of benzene rings is 1. The second-order valence-corrected chi connectivity index (χ2v) is 5.18. The van der Waals surface area contributed by atoms with E-state index in [1.165, 1.54) is 0 Å². The van der Waals surface area contributed by atoms with E-state index < -0.39 is 0 Å². The first-order chi connectivity index (χ1) is 11.3. The lowest BCUT2D eigenvalue weighted by molar-refractivity contribution is 0.768. The summed E-state index contributed by atoms with van der Waals surface area (Å²) in [6, 6.07) is 11.7. The zero-order valence-electron chi connectivity index (χ0n) is 12.5. The van der Waals surface area contributed by atoms with E-state index in [4.69, 9.17) is 0 Å². The van der Waals surface area contributed by atoms with Gasteiger partial charge < -0.3 is 5.32 Å². The number of fused-ring (bicyclic) bond motifs is 1. The SMILES string of the molecule is Cn1cc(Nc2nc(-c3ccncc3)nc3ccccc23)cn1. The summed E-state index contributed by atoms with van der Waals surface area (Å²) < 4.78 is 1.75. The minimum Gasteiger partial charge on any atom is -0.337 e. The van der Waals surface area contributed by atoms with Crippen LogP contribution in [0.15, 0.2) is 61.2 Å². The lowest BCUT2D eigenvalue weighted by Crippen LogP contribution is -1.99. The molecule has 0 radical (unpaired) electrons. The molecule has 0 aliphatic heterocycles. The van der Waals surface area contributed by atoms with Crippen LogP contribution in [0.25, 0.3) is 22.3 Å². The average molecular weight is 302 g/mol. The van der Waals surface area contributed by atoms with Gasteiger partial charge in [0.25, 0.3) is 0 Å². The van der Waals surface area contributed by atoms with Crippen molar-refractivity contribution >= 4 is 22.4 Å². The number of hydrogen-bond donors (Lipinski definition) is 1. The lowest BCUT2D eigenvalue weighted by Gasteiger charge is -2.09. The van der Waals surface area contributed by atoms with Gasteiger partial charge in [-0.15, -0.1) is 0 Å². The molecule has 0 spiro atoms. The summed E-state index contributed by atoms with van der Waals surface area (Å²) >= 11 is 0. The Morgan fingerprint density at radius 1 is 1.00 bits per heavy atom. The Bertz CT molecular complexity index is 961. The maximum Gasteiger partial charge on any atom is 0.162 e. The van der Waals surface area contributed by atoms with E-state index >= 15 is 0 Å². The van der Waals surface area contributed by atoms with Crippen LogP contribution in [0.1, 0.15) is 0 Å². The normalized spacial score (nSPS) is 10.8. The topological polar surface area (TPSA) is 68.5 Å². The number of rotatable bonds is 3. The van der Waals surface area contributed by atoms with Crippen molar-refractivity contribution in [2.75, 3.05) is 5.32 Å². The molecule has 0 atom stereocenters. The number of nitrogens with one attached hydrogen (secondary N) is 1. The predicted octanol–water partition coefficient (Wildman–Crippen LogP) is 3.17.